The highest BCUT2D eigenvalue weighted by molar-refractivity contribution is 5.92. The van der Waals surface area contributed by atoms with Crippen molar-refractivity contribution in [1.82, 2.24) is 14.5 Å². The predicted molar refractivity (Wildman–Crippen MR) is 146 cm³/mol. The summed E-state index contributed by atoms with van der Waals surface area (Å²) >= 11 is 0. The molecule has 4 rings (SSSR count). The zero-order valence-electron chi connectivity index (χ0n) is 21.4. The summed E-state index contributed by atoms with van der Waals surface area (Å²) in [5, 5.41) is 11.4. The number of carbonyl (C=O) groups is 1. The first-order valence-electron chi connectivity index (χ1n) is 12.2. The molecule has 1 atom stereocenters. The highest BCUT2D eigenvalue weighted by Crippen LogP contribution is 2.28. The van der Waals surface area contributed by atoms with E-state index in [9.17, 15) is 19.7 Å². The molecule has 0 saturated heterocycles. The second kappa shape index (κ2) is 11.5. The second-order valence-electron chi connectivity index (χ2n) is 8.69. The zero-order chi connectivity index (χ0) is 27.2. The average molecular weight is 513 g/mol. The van der Waals surface area contributed by atoms with Gasteiger partial charge in [0, 0.05) is 24.8 Å². The summed E-state index contributed by atoms with van der Waals surface area (Å²) < 4.78 is 7.06. The molecule has 1 amide bonds. The number of hydrogen-bond donors (Lipinski definition) is 0. The summed E-state index contributed by atoms with van der Waals surface area (Å²) in [6.07, 6.45) is 3.73. The Morgan fingerprint density at radius 1 is 1.11 bits per heavy atom. The minimum atomic E-state index is -0.564. The van der Waals surface area contributed by atoms with Crippen LogP contribution in [0.5, 0.6) is 5.75 Å². The van der Waals surface area contributed by atoms with E-state index in [4.69, 9.17) is 9.72 Å². The van der Waals surface area contributed by atoms with Crippen molar-refractivity contribution in [2.75, 3.05) is 13.7 Å². The largest absolute Gasteiger partial charge is 0.495 e. The molecule has 38 heavy (non-hydrogen) atoms. The van der Waals surface area contributed by atoms with Crippen LogP contribution >= 0.6 is 0 Å². The number of non-ortho nitro benzene ring substituents is 1. The van der Waals surface area contributed by atoms with Crippen LogP contribution in [0.15, 0.2) is 83.7 Å². The van der Waals surface area contributed by atoms with E-state index < -0.39 is 11.0 Å². The fraction of sp³-hybridized carbons (Fsp3) is 0.207. The number of fused-ring (bicyclic) bond motifs is 1. The van der Waals surface area contributed by atoms with Crippen LogP contribution in [-0.2, 0) is 4.79 Å². The van der Waals surface area contributed by atoms with Gasteiger partial charge in [-0.15, -0.1) is 0 Å². The van der Waals surface area contributed by atoms with Gasteiger partial charge in [-0.2, -0.15) is 0 Å². The molecule has 0 N–H and O–H groups in total. The number of ether oxygens (including phenoxy) is 1. The van der Waals surface area contributed by atoms with Gasteiger partial charge in [0.15, 0.2) is 0 Å². The smallest absolute Gasteiger partial charge is 0.269 e. The van der Waals surface area contributed by atoms with Crippen LogP contribution in [0.2, 0.25) is 0 Å². The van der Waals surface area contributed by atoms with Crippen molar-refractivity contribution in [1.29, 1.82) is 0 Å². The molecule has 4 aromatic rings. The second-order valence-corrected chi connectivity index (χ2v) is 8.69. The number of hydrogen-bond acceptors (Lipinski definition) is 6. The molecule has 9 nitrogen and oxygen atoms in total. The Morgan fingerprint density at radius 3 is 2.47 bits per heavy atom. The number of nitro benzene ring substituents is 1. The van der Waals surface area contributed by atoms with E-state index in [1.165, 1.54) is 29.9 Å². The van der Waals surface area contributed by atoms with E-state index in [1.54, 1.807) is 53.4 Å². The summed E-state index contributed by atoms with van der Waals surface area (Å²) in [7, 11) is 1.54. The minimum Gasteiger partial charge on any atom is -0.495 e. The van der Waals surface area contributed by atoms with Crippen LogP contribution in [0.3, 0.4) is 0 Å². The summed E-state index contributed by atoms with van der Waals surface area (Å²) in [6, 6.07) is 19.7. The van der Waals surface area contributed by atoms with Gasteiger partial charge in [0.05, 0.1) is 34.7 Å². The SMILES string of the molecule is CCCN(C(=O)/C=C/c1ccc([N+](=O)[O-])cc1)C(C)c1nc2ccccc2c(=O)n1-c1ccccc1OC. The number of nitro groups is 1. The third kappa shape index (κ3) is 5.31. The average Bonchev–Trinajstić information content (AvgIpc) is 2.94. The third-order valence-corrected chi connectivity index (χ3v) is 6.24. The van der Waals surface area contributed by atoms with Crippen LogP contribution in [0.4, 0.5) is 5.69 Å². The van der Waals surface area contributed by atoms with E-state index in [0.717, 1.165) is 0 Å². The molecular formula is C29H28N4O5. The van der Waals surface area contributed by atoms with Gasteiger partial charge < -0.3 is 9.64 Å². The van der Waals surface area contributed by atoms with Gasteiger partial charge in [-0.05, 0) is 61.4 Å². The van der Waals surface area contributed by atoms with Crippen LogP contribution in [0, 0.1) is 10.1 Å². The Bertz CT molecular complexity index is 1560. The first kappa shape index (κ1) is 26.3. The maximum atomic E-state index is 13.8. The number of carbonyl (C=O) groups excluding carboxylic acids is 1. The molecule has 9 heteroatoms. The topological polar surface area (TPSA) is 108 Å². The fourth-order valence-electron chi connectivity index (χ4n) is 4.32. The Labute approximate surface area is 219 Å². The first-order valence-corrected chi connectivity index (χ1v) is 12.2. The monoisotopic (exact) mass is 512 g/mol. The molecule has 0 aliphatic rings. The molecule has 0 aliphatic carbocycles. The Kier molecular flexibility index (Phi) is 7.96. The van der Waals surface area contributed by atoms with Crippen molar-refractivity contribution >= 4 is 28.6 Å². The van der Waals surface area contributed by atoms with E-state index in [1.807, 2.05) is 32.0 Å². The van der Waals surface area contributed by atoms with Gasteiger partial charge in [-0.3, -0.25) is 24.3 Å². The zero-order valence-corrected chi connectivity index (χ0v) is 21.4. The van der Waals surface area contributed by atoms with E-state index in [2.05, 4.69) is 0 Å². The van der Waals surface area contributed by atoms with Crippen molar-refractivity contribution < 1.29 is 14.5 Å². The summed E-state index contributed by atoms with van der Waals surface area (Å²) in [4.78, 5) is 44.1. The number of aromatic nitrogens is 2. The number of methoxy groups -OCH3 is 1. The standard InChI is InChI=1S/C29H28N4O5/c1-4-19-31(27(34)18-15-21-13-16-22(17-14-21)33(36)37)20(2)28-30-24-10-6-5-9-23(24)29(35)32(28)25-11-7-8-12-26(25)38-3/h5-18,20H,4,19H2,1-3H3/b18-15+. The normalized spacial score (nSPS) is 12.0. The minimum absolute atomic E-state index is 0.0219. The van der Waals surface area contributed by atoms with Crippen molar-refractivity contribution in [2.45, 2.75) is 26.3 Å². The highest BCUT2D eigenvalue weighted by atomic mass is 16.6. The highest BCUT2D eigenvalue weighted by Gasteiger charge is 2.26. The molecule has 0 radical (unpaired) electrons. The van der Waals surface area contributed by atoms with Gasteiger partial charge in [0.2, 0.25) is 5.91 Å². The predicted octanol–water partition coefficient (Wildman–Crippen LogP) is 5.32. The van der Waals surface area contributed by atoms with Gasteiger partial charge in [0.1, 0.15) is 11.6 Å². The summed E-state index contributed by atoms with van der Waals surface area (Å²) in [5.41, 5.74) is 1.45. The summed E-state index contributed by atoms with van der Waals surface area (Å²) in [5.74, 6) is 0.641. The molecule has 1 aromatic heterocycles. The molecule has 0 saturated carbocycles. The van der Waals surface area contributed by atoms with Crippen molar-refractivity contribution in [3.05, 3.63) is 111 Å². The van der Waals surface area contributed by atoms with Crippen molar-refractivity contribution in [2.24, 2.45) is 0 Å². The Morgan fingerprint density at radius 2 is 1.79 bits per heavy atom. The molecule has 3 aromatic carbocycles. The van der Waals surface area contributed by atoms with Crippen LogP contribution in [-0.4, -0.2) is 38.9 Å². The number of amides is 1. The molecule has 0 fully saturated rings. The van der Waals surface area contributed by atoms with Crippen LogP contribution in [0.1, 0.15) is 37.7 Å². The molecule has 0 aliphatic heterocycles. The van der Waals surface area contributed by atoms with E-state index in [0.29, 0.717) is 46.7 Å². The first-order chi connectivity index (χ1) is 18.3. The molecule has 1 heterocycles. The molecule has 0 spiro atoms. The fourth-order valence-corrected chi connectivity index (χ4v) is 4.32. The van der Waals surface area contributed by atoms with Gasteiger partial charge >= 0.3 is 0 Å². The van der Waals surface area contributed by atoms with E-state index in [-0.39, 0.29) is 17.2 Å². The third-order valence-electron chi connectivity index (χ3n) is 6.24. The van der Waals surface area contributed by atoms with Gasteiger partial charge in [-0.1, -0.05) is 31.2 Å². The van der Waals surface area contributed by atoms with Crippen molar-refractivity contribution in [3.63, 3.8) is 0 Å². The number of benzene rings is 3. The number of para-hydroxylation sites is 3. The molecular weight excluding hydrogens is 484 g/mol. The Balaban J connectivity index is 1.79. The van der Waals surface area contributed by atoms with Gasteiger partial charge in [0.25, 0.3) is 11.2 Å². The van der Waals surface area contributed by atoms with E-state index >= 15 is 0 Å². The van der Waals surface area contributed by atoms with Crippen LogP contribution in [0.25, 0.3) is 22.7 Å². The summed E-state index contributed by atoms with van der Waals surface area (Å²) in [6.45, 7) is 4.24. The number of rotatable bonds is 9. The maximum Gasteiger partial charge on any atom is 0.269 e. The lowest BCUT2D eigenvalue weighted by Gasteiger charge is -2.29. The molecule has 194 valence electrons. The van der Waals surface area contributed by atoms with Crippen LogP contribution < -0.4 is 10.3 Å². The molecule has 0 bridgehead atoms. The lowest BCUT2D eigenvalue weighted by atomic mass is 10.1. The lowest BCUT2D eigenvalue weighted by Crippen LogP contribution is -2.37. The number of nitrogens with zero attached hydrogens (tertiary/aromatic N) is 4. The quantitative estimate of drug-likeness (QED) is 0.171. The van der Waals surface area contributed by atoms with Gasteiger partial charge in [-0.25, -0.2) is 4.98 Å². The van der Waals surface area contributed by atoms with Crippen molar-refractivity contribution in [3.8, 4) is 11.4 Å². The molecule has 1 unspecified atom stereocenters. The lowest BCUT2D eigenvalue weighted by molar-refractivity contribution is -0.384. The Hall–Kier alpha value is -4.79. The maximum absolute atomic E-state index is 13.8.